The molecule has 1 fully saturated rings. The van der Waals surface area contributed by atoms with Crippen LogP contribution in [0.4, 0.5) is 0 Å². The highest BCUT2D eigenvalue weighted by Crippen LogP contribution is 2.19. The molecule has 4 heteroatoms. The van der Waals surface area contributed by atoms with Crippen LogP contribution >= 0.6 is 0 Å². The van der Waals surface area contributed by atoms with E-state index in [2.05, 4.69) is 11.1 Å². The van der Waals surface area contributed by atoms with Gasteiger partial charge in [0.1, 0.15) is 0 Å². The van der Waals surface area contributed by atoms with Crippen molar-refractivity contribution in [1.29, 1.82) is 0 Å². The molecule has 1 aliphatic rings. The minimum atomic E-state index is -3.31. The summed E-state index contributed by atoms with van der Waals surface area (Å²) in [4.78, 5) is 0.344. The molecule has 0 spiro atoms. The van der Waals surface area contributed by atoms with Gasteiger partial charge >= 0.3 is 0 Å². The molecule has 0 aliphatic heterocycles. The molecule has 1 radical (unpaired) electrons. The van der Waals surface area contributed by atoms with E-state index in [1.807, 2.05) is 6.07 Å². The highest BCUT2D eigenvalue weighted by atomic mass is 32.2. The van der Waals surface area contributed by atoms with Crippen LogP contribution in [-0.4, -0.2) is 14.5 Å². The number of sulfonamides is 1. The molecule has 1 aromatic rings. The van der Waals surface area contributed by atoms with Gasteiger partial charge in [-0.15, -0.1) is 0 Å². The van der Waals surface area contributed by atoms with E-state index in [1.54, 1.807) is 24.3 Å². The summed E-state index contributed by atoms with van der Waals surface area (Å²) < 4.78 is 26.4. The summed E-state index contributed by atoms with van der Waals surface area (Å²) in [6, 6.07) is 8.57. The fourth-order valence-corrected chi connectivity index (χ4v) is 3.05. The van der Waals surface area contributed by atoms with Gasteiger partial charge in [0.05, 0.1) is 4.90 Å². The first-order valence-corrected chi connectivity index (χ1v) is 6.56. The monoisotopic (exact) mass is 224 g/mol. The van der Waals surface area contributed by atoms with Gasteiger partial charge < -0.3 is 0 Å². The van der Waals surface area contributed by atoms with Crippen LogP contribution in [0.1, 0.15) is 19.3 Å². The van der Waals surface area contributed by atoms with E-state index < -0.39 is 10.0 Å². The Morgan fingerprint density at radius 2 is 1.93 bits per heavy atom. The zero-order valence-corrected chi connectivity index (χ0v) is 9.20. The lowest BCUT2D eigenvalue weighted by molar-refractivity contribution is 0.554. The van der Waals surface area contributed by atoms with E-state index in [0.29, 0.717) is 4.90 Å². The molecule has 15 heavy (non-hydrogen) atoms. The van der Waals surface area contributed by atoms with Gasteiger partial charge in [-0.1, -0.05) is 18.2 Å². The molecule has 0 heterocycles. The Labute approximate surface area is 90.6 Å². The third-order valence-electron chi connectivity index (χ3n) is 2.55. The zero-order valence-electron chi connectivity index (χ0n) is 8.39. The Kier molecular flexibility index (Phi) is 3.07. The molecule has 0 amide bonds. The second-order valence-corrected chi connectivity index (χ2v) is 5.45. The molecule has 1 atom stereocenters. The second kappa shape index (κ2) is 4.33. The Hall–Kier alpha value is -0.870. The minimum absolute atomic E-state index is 0.0789. The molecular formula is C11H14NO2S. The van der Waals surface area contributed by atoms with Crippen molar-refractivity contribution in [3.63, 3.8) is 0 Å². The van der Waals surface area contributed by atoms with Crippen LogP contribution < -0.4 is 4.72 Å². The standard InChI is InChI=1S/C11H14NO2S/c13-15(14,11-8-2-1-3-9-11)12-10-6-4-5-7-10/h1-4,8-10,12H,5-7H2. The number of hydrogen-bond acceptors (Lipinski definition) is 2. The molecular weight excluding hydrogens is 210 g/mol. The Morgan fingerprint density at radius 3 is 2.53 bits per heavy atom. The van der Waals surface area contributed by atoms with Crippen LogP contribution in [-0.2, 0) is 10.0 Å². The van der Waals surface area contributed by atoms with Crippen molar-refractivity contribution < 1.29 is 8.42 Å². The lowest BCUT2D eigenvalue weighted by atomic mass is 10.3. The largest absolute Gasteiger partial charge is 0.240 e. The van der Waals surface area contributed by atoms with Crippen molar-refractivity contribution in [2.75, 3.05) is 0 Å². The molecule has 2 rings (SSSR count). The predicted molar refractivity (Wildman–Crippen MR) is 58.7 cm³/mol. The first kappa shape index (κ1) is 10.6. The van der Waals surface area contributed by atoms with Gasteiger partial charge in [0, 0.05) is 6.04 Å². The van der Waals surface area contributed by atoms with Gasteiger partial charge in [0.2, 0.25) is 10.0 Å². The highest BCUT2D eigenvalue weighted by molar-refractivity contribution is 7.89. The summed E-state index contributed by atoms with van der Waals surface area (Å²) in [7, 11) is -3.31. The van der Waals surface area contributed by atoms with E-state index in [0.717, 1.165) is 19.3 Å². The summed E-state index contributed by atoms with van der Waals surface area (Å²) in [5, 5.41) is 0. The van der Waals surface area contributed by atoms with Crippen LogP contribution in [0.25, 0.3) is 0 Å². The van der Waals surface area contributed by atoms with E-state index >= 15 is 0 Å². The normalized spacial score (nSPS) is 18.1. The van der Waals surface area contributed by atoms with E-state index in [1.165, 1.54) is 0 Å². The number of nitrogens with one attached hydrogen (secondary N) is 1. The topological polar surface area (TPSA) is 46.2 Å². The van der Waals surface area contributed by atoms with Crippen LogP contribution in [0.3, 0.4) is 0 Å². The molecule has 81 valence electrons. The minimum Gasteiger partial charge on any atom is -0.208 e. The van der Waals surface area contributed by atoms with Crippen molar-refractivity contribution in [3.05, 3.63) is 36.8 Å². The first-order chi connectivity index (χ1) is 7.18. The van der Waals surface area contributed by atoms with E-state index in [-0.39, 0.29) is 6.04 Å². The van der Waals surface area contributed by atoms with Crippen LogP contribution in [0.2, 0.25) is 0 Å². The van der Waals surface area contributed by atoms with Gasteiger partial charge in [-0.25, -0.2) is 13.1 Å². The van der Waals surface area contributed by atoms with Crippen LogP contribution in [0.5, 0.6) is 0 Å². The number of rotatable bonds is 3. The van der Waals surface area contributed by atoms with Gasteiger partial charge in [-0.05, 0) is 37.8 Å². The SMILES string of the molecule is O=S(=O)(NC1C[CH]CC1)c1ccccc1. The summed E-state index contributed by atoms with van der Waals surface area (Å²) in [6.45, 7) is 0. The second-order valence-electron chi connectivity index (χ2n) is 3.73. The van der Waals surface area contributed by atoms with Gasteiger partial charge in [0.15, 0.2) is 0 Å². The Bertz CT molecular complexity index is 407. The molecule has 0 aromatic heterocycles. The smallest absolute Gasteiger partial charge is 0.208 e. The Morgan fingerprint density at radius 1 is 1.20 bits per heavy atom. The molecule has 1 aliphatic carbocycles. The lowest BCUT2D eigenvalue weighted by Gasteiger charge is -2.12. The average molecular weight is 224 g/mol. The molecule has 1 aromatic carbocycles. The lowest BCUT2D eigenvalue weighted by Crippen LogP contribution is -2.32. The van der Waals surface area contributed by atoms with E-state index in [9.17, 15) is 8.42 Å². The summed E-state index contributed by atoms with van der Waals surface area (Å²) in [5.74, 6) is 0. The van der Waals surface area contributed by atoms with Crippen molar-refractivity contribution in [2.45, 2.75) is 30.2 Å². The van der Waals surface area contributed by atoms with Crippen molar-refractivity contribution in [3.8, 4) is 0 Å². The van der Waals surface area contributed by atoms with Crippen LogP contribution in [0.15, 0.2) is 35.2 Å². The fourth-order valence-electron chi connectivity index (χ4n) is 1.75. The quantitative estimate of drug-likeness (QED) is 0.849. The zero-order chi connectivity index (χ0) is 10.7. The third kappa shape index (κ3) is 2.58. The number of hydrogen-bond donors (Lipinski definition) is 1. The van der Waals surface area contributed by atoms with E-state index in [4.69, 9.17) is 0 Å². The van der Waals surface area contributed by atoms with Gasteiger partial charge in [-0.3, -0.25) is 0 Å². The van der Waals surface area contributed by atoms with Crippen molar-refractivity contribution >= 4 is 10.0 Å². The summed E-state index contributed by atoms with van der Waals surface area (Å²) in [6.07, 6.45) is 4.87. The van der Waals surface area contributed by atoms with Crippen LogP contribution in [0, 0.1) is 6.42 Å². The maximum Gasteiger partial charge on any atom is 0.240 e. The summed E-state index contributed by atoms with van der Waals surface area (Å²) in [5.41, 5.74) is 0. The molecule has 0 bridgehead atoms. The van der Waals surface area contributed by atoms with Gasteiger partial charge in [-0.2, -0.15) is 0 Å². The predicted octanol–water partition coefficient (Wildman–Crippen LogP) is 1.72. The maximum atomic E-state index is 11.9. The molecule has 3 nitrogen and oxygen atoms in total. The molecule has 1 N–H and O–H groups in total. The molecule has 1 unspecified atom stereocenters. The molecule has 1 saturated carbocycles. The highest BCUT2D eigenvalue weighted by Gasteiger charge is 2.22. The van der Waals surface area contributed by atoms with Gasteiger partial charge in [0.25, 0.3) is 0 Å². The first-order valence-electron chi connectivity index (χ1n) is 5.07. The fraction of sp³-hybridized carbons (Fsp3) is 0.364. The summed E-state index contributed by atoms with van der Waals surface area (Å²) >= 11 is 0. The van der Waals surface area contributed by atoms with Crippen molar-refractivity contribution in [2.24, 2.45) is 0 Å². The molecule has 0 saturated heterocycles. The third-order valence-corrected chi connectivity index (χ3v) is 4.08. The maximum absolute atomic E-state index is 11.9. The number of benzene rings is 1. The van der Waals surface area contributed by atoms with Crippen molar-refractivity contribution in [1.82, 2.24) is 4.72 Å². The Balaban J connectivity index is 2.13. The average Bonchev–Trinajstić information content (AvgIpc) is 2.71.